The number of rotatable bonds is 23. The van der Waals surface area contributed by atoms with Crippen LogP contribution >= 0.6 is 11.8 Å². The zero-order valence-electron chi connectivity index (χ0n) is 23.4. The van der Waals surface area contributed by atoms with E-state index in [1.54, 1.807) is 0 Å². The number of thioether (sulfide) groups is 1. The third-order valence-corrected chi connectivity index (χ3v) is 7.99. The number of carbonyl (C=O) groups excluding carboxylic acids is 2. The van der Waals surface area contributed by atoms with E-state index in [4.69, 9.17) is 0 Å². The molecular formula is C29H45NO9S. The molecule has 0 saturated carbocycles. The van der Waals surface area contributed by atoms with Crippen LogP contribution in [0.5, 0.6) is 0 Å². The number of aliphatic hydroxyl groups is 1. The molecule has 0 unspecified atom stereocenters. The maximum atomic E-state index is 13.1. The smallest absolute Gasteiger partial charge is 0.337 e. The molecule has 0 aliphatic carbocycles. The SMILES string of the molecule is CCCCCCCC(=O)CCCCCC/C=C/[C@H](C(=O)N[C@@H](CC1=CCCS1)C(=O)O)[C@@](O)(CC(=O)O)C(=O)O. The van der Waals surface area contributed by atoms with Gasteiger partial charge < -0.3 is 25.7 Å². The number of carboxylic acids is 3. The molecule has 0 aromatic rings. The van der Waals surface area contributed by atoms with Crippen molar-refractivity contribution in [1.82, 2.24) is 5.32 Å². The first kappa shape index (κ1) is 35.4. The highest BCUT2D eigenvalue weighted by Gasteiger charge is 2.49. The van der Waals surface area contributed by atoms with Crippen molar-refractivity contribution in [2.45, 2.75) is 115 Å². The Labute approximate surface area is 240 Å². The van der Waals surface area contributed by atoms with Gasteiger partial charge in [-0.1, -0.05) is 63.7 Å². The second kappa shape index (κ2) is 19.4. The Morgan fingerprint density at radius 2 is 1.60 bits per heavy atom. The lowest BCUT2D eigenvalue weighted by Gasteiger charge is -2.29. The molecule has 1 heterocycles. The summed E-state index contributed by atoms with van der Waals surface area (Å²) < 4.78 is 0. The van der Waals surface area contributed by atoms with Crippen LogP contribution in [-0.2, 0) is 24.0 Å². The number of hydrogen-bond acceptors (Lipinski definition) is 7. The molecule has 1 amide bonds. The van der Waals surface area contributed by atoms with E-state index >= 15 is 0 Å². The van der Waals surface area contributed by atoms with Crippen LogP contribution in [0, 0.1) is 5.92 Å². The Kier molecular flexibility index (Phi) is 17.2. The lowest BCUT2D eigenvalue weighted by molar-refractivity contribution is -0.172. The van der Waals surface area contributed by atoms with Crippen molar-refractivity contribution in [3.63, 3.8) is 0 Å². The van der Waals surface area contributed by atoms with E-state index < -0.39 is 47.8 Å². The second-order valence-electron chi connectivity index (χ2n) is 10.3. The molecule has 226 valence electrons. The van der Waals surface area contributed by atoms with Crippen molar-refractivity contribution in [3.05, 3.63) is 23.1 Å². The molecule has 0 bridgehead atoms. The predicted octanol–water partition coefficient (Wildman–Crippen LogP) is 4.70. The zero-order valence-corrected chi connectivity index (χ0v) is 24.3. The number of aliphatic carboxylic acids is 3. The van der Waals surface area contributed by atoms with Crippen molar-refractivity contribution >= 4 is 41.4 Å². The van der Waals surface area contributed by atoms with E-state index in [1.807, 2.05) is 6.08 Å². The first-order valence-corrected chi connectivity index (χ1v) is 15.2. The molecule has 3 atom stereocenters. The summed E-state index contributed by atoms with van der Waals surface area (Å²) in [5.74, 6) is -6.65. The van der Waals surface area contributed by atoms with Crippen LogP contribution < -0.4 is 5.32 Å². The van der Waals surface area contributed by atoms with E-state index in [1.165, 1.54) is 30.7 Å². The Balaban J connectivity index is 2.69. The first-order chi connectivity index (χ1) is 19.0. The lowest BCUT2D eigenvalue weighted by atomic mass is 9.82. The number of Topliss-reactive ketones (excluding diaryl/α,β-unsaturated/α-hetero) is 1. The standard InChI is InChI=1S/C29H45NO9S/c1-2-3-4-7-10-14-21(31)15-11-8-5-6-9-12-17-23(29(39,28(37)38)20-25(32)33)26(34)30-24(27(35)36)19-22-16-13-18-40-22/h12,16-17,23-24,39H,2-11,13-15,18-20H2,1H3,(H,30,34)(H,32,33)(H,35,36)(H,37,38)/b17-12+/t23-,24+,29+/m1/s1. The molecule has 0 aromatic heterocycles. The average molecular weight is 584 g/mol. The summed E-state index contributed by atoms with van der Waals surface area (Å²) in [4.78, 5) is 60.8. The normalized spacial score (nSPS) is 16.2. The highest BCUT2D eigenvalue weighted by atomic mass is 32.2. The number of nitrogens with one attached hydrogen (secondary N) is 1. The van der Waals surface area contributed by atoms with E-state index in [0.29, 0.717) is 25.7 Å². The molecular weight excluding hydrogens is 538 g/mol. The summed E-state index contributed by atoms with van der Waals surface area (Å²) in [6.07, 6.45) is 14.3. The molecule has 0 spiro atoms. The molecule has 11 heteroatoms. The van der Waals surface area contributed by atoms with Crippen molar-refractivity contribution < 1.29 is 44.4 Å². The topological polar surface area (TPSA) is 178 Å². The predicted molar refractivity (Wildman–Crippen MR) is 153 cm³/mol. The van der Waals surface area contributed by atoms with Crippen LogP contribution in [0.2, 0.25) is 0 Å². The third-order valence-electron chi connectivity index (χ3n) is 6.85. The zero-order chi connectivity index (χ0) is 30.0. The minimum absolute atomic E-state index is 0.00790. The summed E-state index contributed by atoms with van der Waals surface area (Å²) >= 11 is 1.47. The molecule has 1 aliphatic heterocycles. The number of unbranched alkanes of at least 4 members (excludes halogenated alkanes) is 8. The summed E-state index contributed by atoms with van der Waals surface area (Å²) in [6, 6.07) is -1.36. The summed E-state index contributed by atoms with van der Waals surface area (Å²) in [7, 11) is 0. The third kappa shape index (κ3) is 13.6. The van der Waals surface area contributed by atoms with Crippen molar-refractivity contribution in [2.24, 2.45) is 5.92 Å². The molecule has 1 rings (SSSR count). The molecule has 0 radical (unpaired) electrons. The van der Waals surface area contributed by atoms with Gasteiger partial charge in [0.05, 0.1) is 12.3 Å². The molecule has 1 aliphatic rings. The molecule has 5 N–H and O–H groups in total. The maximum Gasteiger partial charge on any atom is 0.337 e. The van der Waals surface area contributed by atoms with Crippen molar-refractivity contribution in [1.29, 1.82) is 0 Å². The van der Waals surface area contributed by atoms with Crippen LogP contribution in [0.25, 0.3) is 0 Å². The fourth-order valence-corrected chi connectivity index (χ4v) is 5.53. The largest absolute Gasteiger partial charge is 0.481 e. The number of amides is 1. The Morgan fingerprint density at radius 1 is 0.975 bits per heavy atom. The number of ketones is 1. The van der Waals surface area contributed by atoms with Gasteiger partial charge in [0.1, 0.15) is 11.8 Å². The summed E-state index contributed by atoms with van der Waals surface area (Å²) in [6.45, 7) is 2.15. The van der Waals surface area contributed by atoms with Crippen LogP contribution in [0.3, 0.4) is 0 Å². The van der Waals surface area contributed by atoms with Gasteiger partial charge in [-0.25, -0.2) is 9.59 Å². The highest BCUT2D eigenvalue weighted by molar-refractivity contribution is 8.03. The van der Waals surface area contributed by atoms with Gasteiger partial charge in [-0.15, -0.1) is 11.8 Å². The Hall–Kier alpha value is -2.66. The van der Waals surface area contributed by atoms with Crippen LogP contribution in [-0.4, -0.2) is 67.4 Å². The van der Waals surface area contributed by atoms with Crippen LogP contribution in [0.1, 0.15) is 103 Å². The van der Waals surface area contributed by atoms with Gasteiger partial charge in [-0.2, -0.15) is 0 Å². The van der Waals surface area contributed by atoms with Crippen molar-refractivity contribution in [3.8, 4) is 0 Å². The fraction of sp³-hybridized carbons (Fsp3) is 0.690. The van der Waals surface area contributed by atoms with Gasteiger partial charge in [0.25, 0.3) is 0 Å². The van der Waals surface area contributed by atoms with E-state index in [-0.39, 0.29) is 12.2 Å². The second-order valence-corrected chi connectivity index (χ2v) is 11.5. The minimum Gasteiger partial charge on any atom is -0.481 e. The number of allylic oxidation sites excluding steroid dienone is 2. The van der Waals surface area contributed by atoms with Gasteiger partial charge >= 0.3 is 17.9 Å². The van der Waals surface area contributed by atoms with Crippen molar-refractivity contribution in [2.75, 3.05) is 5.75 Å². The number of carbonyl (C=O) groups is 5. The van der Waals surface area contributed by atoms with E-state index in [0.717, 1.165) is 61.7 Å². The average Bonchev–Trinajstić information content (AvgIpc) is 3.39. The van der Waals surface area contributed by atoms with Gasteiger partial charge in [0.15, 0.2) is 5.60 Å². The Bertz CT molecular complexity index is 917. The summed E-state index contributed by atoms with van der Waals surface area (Å²) in [5.41, 5.74) is -2.96. The molecule has 0 saturated heterocycles. The van der Waals surface area contributed by atoms with Crippen LogP contribution in [0.4, 0.5) is 0 Å². The highest BCUT2D eigenvalue weighted by Crippen LogP contribution is 2.30. The lowest BCUT2D eigenvalue weighted by Crippen LogP contribution is -2.55. The molecule has 10 nitrogen and oxygen atoms in total. The summed E-state index contributed by atoms with van der Waals surface area (Å²) in [5, 5.41) is 41.5. The number of carboxylic acid groups (broad SMARTS) is 3. The Morgan fingerprint density at radius 3 is 2.12 bits per heavy atom. The maximum absolute atomic E-state index is 13.1. The number of hydrogen-bond donors (Lipinski definition) is 5. The van der Waals surface area contributed by atoms with Crippen LogP contribution in [0.15, 0.2) is 23.1 Å². The molecule has 40 heavy (non-hydrogen) atoms. The quantitative estimate of drug-likeness (QED) is 0.0836. The van der Waals surface area contributed by atoms with Gasteiger partial charge in [0.2, 0.25) is 5.91 Å². The monoisotopic (exact) mass is 583 g/mol. The van der Waals surface area contributed by atoms with Gasteiger partial charge in [0, 0.05) is 25.0 Å². The first-order valence-electron chi connectivity index (χ1n) is 14.2. The fourth-order valence-electron chi connectivity index (χ4n) is 4.51. The van der Waals surface area contributed by atoms with E-state index in [9.17, 15) is 44.4 Å². The van der Waals surface area contributed by atoms with Gasteiger partial charge in [-0.3, -0.25) is 14.4 Å². The minimum atomic E-state index is -2.96. The molecule has 0 aromatic carbocycles. The van der Waals surface area contributed by atoms with E-state index in [2.05, 4.69) is 12.2 Å². The van der Waals surface area contributed by atoms with Gasteiger partial charge in [-0.05, 0) is 37.0 Å². The molecule has 0 fully saturated rings.